The molecular weight excluding hydrogens is 388 g/mol. The smallest absolute Gasteiger partial charge is 0.269 e. The van der Waals surface area contributed by atoms with Crippen LogP contribution in [0.25, 0.3) is 11.3 Å². The fraction of sp³-hybridized carbons (Fsp3) is 0.118. The number of imidazole rings is 1. The molecule has 0 saturated heterocycles. The Kier molecular flexibility index (Phi) is 4.36. The Morgan fingerprint density at radius 3 is 2.44 bits per heavy atom. The highest BCUT2D eigenvalue weighted by atomic mass is 32.2. The summed E-state index contributed by atoms with van der Waals surface area (Å²) < 4.78 is 29.4. The first-order chi connectivity index (χ1) is 12.9. The van der Waals surface area contributed by atoms with Crippen LogP contribution in [0.5, 0.6) is 0 Å². The van der Waals surface area contributed by atoms with Crippen molar-refractivity contribution >= 4 is 33.2 Å². The Balaban J connectivity index is 1.52. The number of aryl methyl sites for hydroxylation is 1. The van der Waals surface area contributed by atoms with E-state index in [0.717, 1.165) is 40.8 Å². The average molecular weight is 402 g/mol. The van der Waals surface area contributed by atoms with E-state index in [2.05, 4.69) is 14.3 Å². The van der Waals surface area contributed by atoms with Gasteiger partial charge < -0.3 is 4.57 Å². The molecule has 0 radical (unpaired) electrons. The summed E-state index contributed by atoms with van der Waals surface area (Å²) in [7, 11) is -3.83. The van der Waals surface area contributed by atoms with E-state index < -0.39 is 14.9 Å². The number of nitro benzene ring substituents is 1. The second kappa shape index (κ2) is 6.71. The molecule has 0 unspecified atom stereocenters. The summed E-state index contributed by atoms with van der Waals surface area (Å²) in [5.41, 5.74) is 1.99. The van der Waals surface area contributed by atoms with Crippen LogP contribution in [-0.2, 0) is 16.6 Å². The Bertz CT molecular complexity index is 1090. The number of hydrogen-bond donors (Lipinski definition) is 1. The minimum Gasteiger partial charge on any atom is -0.325 e. The van der Waals surface area contributed by atoms with Gasteiger partial charge in [-0.1, -0.05) is 23.9 Å². The van der Waals surface area contributed by atoms with E-state index in [1.165, 1.54) is 12.1 Å². The highest BCUT2D eigenvalue weighted by molar-refractivity contribution is 7.99. The van der Waals surface area contributed by atoms with Gasteiger partial charge in [-0.25, -0.2) is 13.4 Å². The van der Waals surface area contributed by atoms with Crippen molar-refractivity contribution in [1.82, 2.24) is 9.55 Å². The second-order valence-electron chi connectivity index (χ2n) is 5.88. The Hall–Kier alpha value is -2.85. The van der Waals surface area contributed by atoms with Crippen molar-refractivity contribution in [2.24, 2.45) is 0 Å². The summed E-state index contributed by atoms with van der Waals surface area (Å²) in [6, 6.07) is 11.7. The lowest BCUT2D eigenvalue weighted by Gasteiger charge is -2.08. The zero-order chi connectivity index (χ0) is 19.0. The van der Waals surface area contributed by atoms with Gasteiger partial charge in [0.2, 0.25) is 0 Å². The van der Waals surface area contributed by atoms with Crippen LogP contribution >= 0.6 is 11.8 Å². The lowest BCUT2D eigenvalue weighted by atomic mass is 10.1. The molecule has 27 heavy (non-hydrogen) atoms. The molecular formula is C17H14N4O4S2. The van der Waals surface area contributed by atoms with E-state index in [-0.39, 0.29) is 10.6 Å². The molecule has 0 amide bonds. The molecule has 2 heterocycles. The number of hydrogen-bond acceptors (Lipinski definition) is 6. The van der Waals surface area contributed by atoms with Crippen molar-refractivity contribution < 1.29 is 13.3 Å². The number of nitrogens with zero attached hydrogens (tertiary/aromatic N) is 3. The number of aromatic nitrogens is 2. The third-order valence-electron chi connectivity index (χ3n) is 4.09. The van der Waals surface area contributed by atoms with Gasteiger partial charge in [-0.2, -0.15) is 0 Å². The molecule has 4 rings (SSSR count). The molecule has 0 saturated carbocycles. The van der Waals surface area contributed by atoms with E-state index in [9.17, 15) is 18.5 Å². The van der Waals surface area contributed by atoms with Crippen LogP contribution in [0.3, 0.4) is 0 Å². The SMILES string of the molecule is O=[N+]([O-])c1ccc(S(=O)(=O)Nc2ccc(-c3cn4c(n3)SCC4)cc2)cc1. The standard InChI is InChI=1S/C17H14N4O4S2/c22-21(23)14-5-7-15(8-6-14)27(24,25)19-13-3-1-12(2-4-13)16-11-20-9-10-26-17(20)18-16/h1-8,11,19H,9-10H2. The highest BCUT2D eigenvalue weighted by Gasteiger charge is 2.17. The first-order valence-corrected chi connectivity index (χ1v) is 10.5. The summed E-state index contributed by atoms with van der Waals surface area (Å²) in [6.45, 7) is 0.945. The molecule has 3 aromatic rings. The van der Waals surface area contributed by atoms with Crippen molar-refractivity contribution in [2.45, 2.75) is 16.6 Å². The number of benzene rings is 2. The van der Waals surface area contributed by atoms with Crippen molar-refractivity contribution in [3.05, 3.63) is 64.8 Å². The highest BCUT2D eigenvalue weighted by Crippen LogP contribution is 2.29. The maximum Gasteiger partial charge on any atom is 0.269 e. The number of anilines is 1. The molecule has 0 bridgehead atoms. The van der Waals surface area contributed by atoms with Gasteiger partial charge in [0, 0.05) is 41.9 Å². The van der Waals surface area contributed by atoms with Crippen LogP contribution in [0.2, 0.25) is 0 Å². The molecule has 0 fully saturated rings. The van der Waals surface area contributed by atoms with Gasteiger partial charge in [0.1, 0.15) is 0 Å². The average Bonchev–Trinajstić information content (AvgIpc) is 3.24. The van der Waals surface area contributed by atoms with Crippen LogP contribution in [0.15, 0.2) is 64.8 Å². The molecule has 0 atom stereocenters. The number of rotatable bonds is 5. The maximum atomic E-state index is 12.4. The quantitative estimate of drug-likeness (QED) is 0.518. The van der Waals surface area contributed by atoms with Gasteiger partial charge >= 0.3 is 0 Å². The van der Waals surface area contributed by atoms with E-state index >= 15 is 0 Å². The van der Waals surface area contributed by atoms with E-state index in [0.29, 0.717) is 5.69 Å². The van der Waals surface area contributed by atoms with Crippen molar-refractivity contribution in [1.29, 1.82) is 0 Å². The maximum absolute atomic E-state index is 12.4. The first kappa shape index (κ1) is 17.6. The van der Waals surface area contributed by atoms with Gasteiger partial charge in [-0.3, -0.25) is 14.8 Å². The summed E-state index contributed by atoms with van der Waals surface area (Å²) >= 11 is 1.71. The molecule has 2 aromatic carbocycles. The molecule has 0 spiro atoms. The summed E-state index contributed by atoms with van der Waals surface area (Å²) in [4.78, 5) is 14.6. The number of fused-ring (bicyclic) bond motifs is 1. The fourth-order valence-corrected chi connectivity index (χ4v) is 4.72. The van der Waals surface area contributed by atoms with Gasteiger partial charge in [-0.05, 0) is 24.3 Å². The second-order valence-corrected chi connectivity index (χ2v) is 8.63. The summed E-state index contributed by atoms with van der Waals surface area (Å²) in [5, 5.41) is 11.7. The van der Waals surface area contributed by atoms with E-state index in [4.69, 9.17) is 0 Å². The third-order valence-corrected chi connectivity index (χ3v) is 6.46. The lowest BCUT2D eigenvalue weighted by molar-refractivity contribution is -0.384. The van der Waals surface area contributed by atoms with Crippen LogP contribution in [0.1, 0.15) is 0 Å². The third kappa shape index (κ3) is 3.53. The van der Waals surface area contributed by atoms with Crippen molar-refractivity contribution in [2.75, 3.05) is 10.5 Å². The first-order valence-electron chi connectivity index (χ1n) is 8.00. The molecule has 8 nitrogen and oxygen atoms in total. The Morgan fingerprint density at radius 1 is 1.11 bits per heavy atom. The van der Waals surface area contributed by atoms with Gasteiger partial charge in [0.15, 0.2) is 5.16 Å². The predicted octanol–water partition coefficient (Wildman–Crippen LogP) is 3.36. The molecule has 0 aliphatic carbocycles. The van der Waals surface area contributed by atoms with E-state index in [1.807, 2.05) is 6.20 Å². The monoisotopic (exact) mass is 402 g/mol. The number of nitrogens with one attached hydrogen (secondary N) is 1. The molecule has 1 N–H and O–H groups in total. The van der Waals surface area contributed by atoms with Gasteiger partial charge in [-0.15, -0.1) is 0 Å². The zero-order valence-electron chi connectivity index (χ0n) is 13.9. The predicted molar refractivity (Wildman–Crippen MR) is 102 cm³/mol. The van der Waals surface area contributed by atoms with Crippen LogP contribution in [-0.4, -0.2) is 28.6 Å². The number of nitro groups is 1. The Labute approximate surface area is 159 Å². The van der Waals surface area contributed by atoms with Crippen LogP contribution in [0.4, 0.5) is 11.4 Å². The van der Waals surface area contributed by atoms with Crippen molar-refractivity contribution in [3.63, 3.8) is 0 Å². The molecule has 10 heteroatoms. The Morgan fingerprint density at radius 2 is 1.81 bits per heavy atom. The molecule has 138 valence electrons. The minimum absolute atomic E-state index is 0.0419. The number of thioether (sulfide) groups is 1. The topological polar surface area (TPSA) is 107 Å². The van der Waals surface area contributed by atoms with Gasteiger partial charge in [0.05, 0.1) is 15.5 Å². The van der Waals surface area contributed by atoms with Crippen LogP contribution in [0, 0.1) is 10.1 Å². The molecule has 1 aliphatic rings. The molecule has 1 aromatic heterocycles. The number of non-ortho nitro benzene ring substituents is 1. The van der Waals surface area contributed by atoms with Crippen LogP contribution < -0.4 is 4.72 Å². The number of sulfonamides is 1. The largest absolute Gasteiger partial charge is 0.325 e. The lowest BCUT2D eigenvalue weighted by Crippen LogP contribution is -2.12. The van der Waals surface area contributed by atoms with Gasteiger partial charge in [0.25, 0.3) is 15.7 Å². The normalized spacial score (nSPS) is 13.3. The van der Waals surface area contributed by atoms with E-state index in [1.54, 1.807) is 36.0 Å². The zero-order valence-corrected chi connectivity index (χ0v) is 15.5. The molecule has 1 aliphatic heterocycles. The van der Waals surface area contributed by atoms with Crippen molar-refractivity contribution in [3.8, 4) is 11.3 Å². The summed E-state index contributed by atoms with van der Waals surface area (Å²) in [6.07, 6.45) is 1.99. The minimum atomic E-state index is -3.83. The fourth-order valence-electron chi connectivity index (χ4n) is 2.72. The summed E-state index contributed by atoms with van der Waals surface area (Å²) in [5.74, 6) is 1.03.